The lowest BCUT2D eigenvalue weighted by molar-refractivity contribution is -0.147. The third-order valence-corrected chi connectivity index (χ3v) is 4.79. The zero-order valence-corrected chi connectivity index (χ0v) is 16.3. The lowest BCUT2D eigenvalue weighted by Crippen LogP contribution is -2.49. The van der Waals surface area contributed by atoms with E-state index >= 15 is 0 Å². The zero-order chi connectivity index (χ0) is 20.1. The quantitative estimate of drug-likeness (QED) is 0.759. The van der Waals surface area contributed by atoms with Crippen molar-refractivity contribution in [2.24, 2.45) is 5.92 Å². The molecule has 2 heterocycles. The van der Waals surface area contributed by atoms with Crippen molar-refractivity contribution >= 4 is 5.97 Å². The molecule has 146 valence electrons. The smallest absolute Gasteiger partial charge is 0.309 e. The number of aryl methyl sites for hydroxylation is 2. The van der Waals surface area contributed by atoms with Gasteiger partial charge in [0.2, 0.25) is 0 Å². The Morgan fingerprint density at radius 3 is 2.50 bits per heavy atom. The first-order valence-electron chi connectivity index (χ1n) is 9.54. The first kappa shape index (κ1) is 19.8. The first-order valence-corrected chi connectivity index (χ1v) is 9.54. The van der Waals surface area contributed by atoms with E-state index in [9.17, 15) is 10.1 Å². The van der Waals surface area contributed by atoms with Crippen molar-refractivity contribution in [1.82, 2.24) is 9.88 Å². The number of carboxylic acids is 1. The molecule has 0 unspecified atom stereocenters. The van der Waals surface area contributed by atoms with Gasteiger partial charge < -0.3 is 9.84 Å². The van der Waals surface area contributed by atoms with Crippen LogP contribution in [0.3, 0.4) is 0 Å². The summed E-state index contributed by atoms with van der Waals surface area (Å²) in [7, 11) is 0. The Morgan fingerprint density at radius 2 is 1.89 bits per heavy atom. The first-order chi connectivity index (χ1) is 13.4. The second-order valence-corrected chi connectivity index (χ2v) is 7.47. The number of nitrogens with zero attached hydrogens (tertiary/aromatic N) is 3. The Morgan fingerprint density at radius 1 is 1.21 bits per heavy atom. The van der Waals surface area contributed by atoms with Crippen molar-refractivity contribution in [1.29, 1.82) is 5.26 Å². The Bertz CT molecular complexity index is 866. The van der Waals surface area contributed by atoms with Crippen LogP contribution in [0.25, 0.3) is 0 Å². The van der Waals surface area contributed by atoms with Crippen LogP contribution in [0, 0.1) is 17.2 Å². The molecular weight excluding hydrogens is 354 g/mol. The average Bonchev–Trinajstić information content (AvgIpc) is 2.63. The maximum absolute atomic E-state index is 10.9. The molecule has 1 N–H and O–H groups in total. The average molecular weight is 379 g/mol. The van der Waals surface area contributed by atoms with E-state index in [4.69, 9.17) is 9.84 Å². The van der Waals surface area contributed by atoms with E-state index in [0.29, 0.717) is 24.5 Å². The van der Waals surface area contributed by atoms with Crippen LogP contribution >= 0.6 is 0 Å². The van der Waals surface area contributed by atoms with E-state index < -0.39 is 5.97 Å². The van der Waals surface area contributed by atoms with Gasteiger partial charge in [-0.3, -0.25) is 9.69 Å². The van der Waals surface area contributed by atoms with Gasteiger partial charge in [-0.1, -0.05) is 24.3 Å². The number of aliphatic carboxylic acids is 1. The molecule has 0 spiro atoms. The topological polar surface area (TPSA) is 86.4 Å². The molecule has 1 aliphatic rings. The van der Waals surface area contributed by atoms with Crippen molar-refractivity contribution < 1.29 is 14.6 Å². The molecule has 2 aromatic rings. The highest BCUT2D eigenvalue weighted by molar-refractivity contribution is 5.71. The Hall–Kier alpha value is -2.91. The molecule has 0 radical (unpaired) electrons. The summed E-state index contributed by atoms with van der Waals surface area (Å²) in [6.07, 6.45) is 1.60. The molecule has 1 fully saturated rings. The van der Waals surface area contributed by atoms with Gasteiger partial charge in [-0.15, -0.1) is 0 Å². The monoisotopic (exact) mass is 379 g/mol. The number of likely N-dealkylation sites (tertiary alicyclic amines) is 1. The highest BCUT2D eigenvalue weighted by atomic mass is 16.5. The van der Waals surface area contributed by atoms with Crippen molar-refractivity contribution in [3.8, 4) is 11.8 Å². The van der Waals surface area contributed by atoms with E-state index in [2.05, 4.69) is 40.2 Å². The lowest BCUT2D eigenvalue weighted by atomic mass is 9.99. The molecule has 1 aromatic carbocycles. The van der Waals surface area contributed by atoms with Crippen molar-refractivity contribution in [3.05, 3.63) is 58.9 Å². The van der Waals surface area contributed by atoms with Gasteiger partial charge in [0.1, 0.15) is 6.07 Å². The summed E-state index contributed by atoms with van der Waals surface area (Å²) in [5.74, 6) is -0.396. The molecule has 0 saturated carbocycles. The van der Waals surface area contributed by atoms with Crippen LogP contribution in [0.2, 0.25) is 0 Å². The van der Waals surface area contributed by atoms with E-state index in [0.717, 1.165) is 25.1 Å². The fourth-order valence-corrected chi connectivity index (χ4v) is 3.25. The predicted octanol–water partition coefficient (Wildman–Crippen LogP) is 3.04. The van der Waals surface area contributed by atoms with Crippen molar-refractivity contribution in [2.75, 3.05) is 13.1 Å². The van der Waals surface area contributed by atoms with Gasteiger partial charge in [-0.2, -0.15) is 5.26 Å². The summed E-state index contributed by atoms with van der Waals surface area (Å²) in [5.41, 5.74) is 3.60. The van der Waals surface area contributed by atoms with Crippen LogP contribution in [0.15, 0.2) is 36.4 Å². The summed E-state index contributed by atoms with van der Waals surface area (Å²) >= 11 is 0. The third kappa shape index (κ3) is 5.08. The number of hydrogen-bond donors (Lipinski definition) is 1. The maximum atomic E-state index is 10.9. The number of carboxylic acid groups (broad SMARTS) is 1. The minimum atomic E-state index is -0.705. The number of ether oxygens (including phenoxy) is 1. The fourth-order valence-electron chi connectivity index (χ4n) is 3.25. The van der Waals surface area contributed by atoms with Crippen LogP contribution in [0.1, 0.15) is 36.4 Å². The molecule has 0 amide bonds. The predicted molar refractivity (Wildman–Crippen MR) is 105 cm³/mol. The van der Waals surface area contributed by atoms with Crippen LogP contribution in [-0.2, 0) is 24.2 Å². The lowest BCUT2D eigenvalue weighted by Gasteiger charge is -2.36. The van der Waals surface area contributed by atoms with Crippen molar-refractivity contribution in [3.63, 3.8) is 0 Å². The number of pyridine rings is 1. The summed E-state index contributed by atoms with van der Waals surface area (Å²) in [6, 6.07) is 14.2. The second kappa shape index (κ2) is 8.85. The minimum absolute atomic E-state index is 0.00420. The summed E-state index contributed by atoms with van der Waals surface area (Å²) in [4.78, 5) is 17.4. The largest absolute Gasteiger partial charge is 0.488 e. The molecular formula is C22H25N3O3. The van der Waals surface area contributed by atoms with E-state index in [1.54, 1.807) is 0 Å². The molecule has 1 aromatic heterocycles. The highest BCUT2D eigenvalue weighted by Gasteiger charge is 2.32. The molecule has 0 aliphatic carbocycles. The molecule has 28 heavy (non-hydrogen) atoms. The maximum Gasteiger partial charge on any atom is 0.309 e. The Balaban J connectivity index is 1.52. The van der Waals surface area contributed by atoms with Crippen LogP contribution < -0.4 is 4.74 Å². The molecule has 0 bridgehead atoms. The highest BCUT2D eigenvalue weighted by Crippen LogP contribution is 2.20. The van der Waals surface area contributed by atoms with Gasteiger partial charge in [-0.25, -0.2) is 4.98 Å². The van der Waals surface area contributed by atoms with Gasteiger partial charge in [0.25, 0.3) is 0 Å². The normalized spacial score (nSPS) is 14.5. The van der Waals surface area contributed by atoms with Gasteiger partial charge >= 0.3 is 5.97 Å². The van der Waals surface area contributed by atoms with Gasteiger partial charge in [-0.05, 0) is 49.9 Å². The number of carbonyl (C=O) groups is 1. The van der Waals surface area contributed by atoms with Crippen LogP contribution in [-0.4, -0.2) is 40.2 Å². The minimum Gasteiger partial charge on any atom is -0.488 e. The third-order valence-electron chi connectivity index (χ3n) is 4.79. The number of rotatable bonds is 8. The van der Waals surface area contributed by atoms with Gasteiger partial charge in [0.15, 0.2) is 11.4 Å². The molecule has 1 aliphatic heterocycles. The van der Waals surface area contributed by atoms with Crippen molar-refractivity contribution in [2.45, 2.75) is 39.3 Å². The van der Waals surface area contributed by atoms with Gasteiger partial charge in [0, 0.05) is 25.3 Å². The Kier molecular flexibility index (Phi) is 6.27. The summed E-state index contributed by atoms with van der Waals surface area (Å²) in [5, 5.41) is 18.2. The number of hydrogen-bond acceptors (Lipinski definition) is 5. The fraction of sp³-hybridized carbons (Fsp3) is 0.409. The molecule has 6 nitrogen and oxygen atoms in total. The summed E-state index contributed by atoms with van der Waals surface area (Å²) < 4.78 is 5.61. The summed E-state index contributed by atoms with van der Waals surface area (Å²) in [6.45, 7) is 5.88. The van der Waals surface area contributed by atoms with Crippen LogP contribution in [0.4, 0.5) is 0 Å². The molecule has 6 heteroatoms. The van der Waals surface area contributed by atoms with Crippen LogP contribution in [0.5, 0.6) is 5.75 Å². The van der Waals surface area contributed by atoms with Gasteiger partial charge in [0.05, 0.1) is 12.0 Å². The zero-order valence-electron chi connectivity index (χ0n) is 16.3. The molecule has 1 saturated heterocycles. The molecule has 0 atom stereocenters. The number of nitriles is 1. The molecule has 3 rings (SSSR count). The Labute approximate surface area is 165 Å². The standard InChI is InChI=1S/C22H25N3O3/c1-15(2)28-21-10-9-19(24-20(21)11-23)8-7-16-3-5-17(6-4-16)12-25-13-18(14-25)22(26)27/h3-6,9-10,15,18H,7-8,12-14H2,1-2H3,(H,26,27). The number of benzene rings is 1. The van der Waals surface area contributed by atoms with E-state index in [1.807, 2.05) is 26.0 Å². The number of aromatic nitrogens is 1. The SMILES string of the molecule is CC(C)Oc1ccc(CCc2ccc(CN3CC(C(=O)O)C3)cc2)nc1C#N. The second-order valence-electron chi connectivity index (χ2n) is 7.47. The van der Waals surface area contributed by atoms with E-state index in [1.165, 1.54) is 11.1 Å². The van der Waals surface area contributed by atoms with E-state index in [-0.39, 0.29) is 12.0 Å².